The summed E-state index contributed by atoms with van der Waals surface area (Å²) in [4.78, 5) is 0.143. The molecule has 0 saturated carbocycles. The fourth-order valence-electron chi connectivity index (χ4n) is 2.34. The van der Waals surface area contributed by atoms with Crippen LogP contribution in [0.15, 0.2) is 27.6 Å². The lowest BCUT2D eigenvalue weighted by Crippen LogP contribution is -2.35. The summed E-state index contributed by atoms with van der Waals surface area (Å²) in [7, 11) is -3.53. The summed E-state index contributed by atoms with van der Waals surface area (Å²) < 4.78 is 39.9. The number of nitrogens with zero attached hydrogens (tertiary/aromatic N) is 1. The fraction of sp³-hybridized carbons (Fsp3) is 0.500. The van der Waals surface area contributed by atoms with E-state index in [-0.39, 0.29) is 15.4 Å². The minimum Gasteiger partial charge on any atom is -0.207 e. The van der Waals surface area contributed by atoms with Crippen molar-refractivity contribution in [3.8, 4) is 0 Å². The minimum absolute atomic E-state index is 0.0620. The molecule has 1 saturated heterocycles. The van der Waals surface area contributed by atoms with Gasteiger partial charge in [0.15, 0.2) is 0 Å². The molecule has 2 rings (SSSR count). The highest BCUT2D eigenvalue weighted by Crippen LogP contribution is 2.31. The molecule has 0 N–H and O–H groups in total. The molecular formula is C12H15BrFNO2S. The van der Waals surface area contributed by atoms with Crippen LogP contribution in [0.25, 0.3) is 0 Å². The van der Waals surface area contributed by atoms with E-state index >= 15 is 0 Å². The summed E-state index contributed by atoms with van der Waals surface area (Å²) in [6, 6.07) is 3.74. The van der Waals surface area contributed by atoms with Crippen LogP contribution in [0.1, 0.15) is 26.2 Å². The Bertz CT molecular complexity index is 547. The molecule has 1 aliphatic rings. The van der Waals surface area contributed by atoms with E-state index in [0.717, 1.165) is 19.3 Å². The average Bonchev–Trinajstić information content (AvgIpc) is 2.76. The third kappa shape index (κ3) is 2.46. The molecule has 1 unspecified atom stereocenters. The van der Waals surface area contributed by atoms with Gasteiger partial charge in [-0.3, -0.25) is 0 Å². The zero-order valence-corrected chi connectivity index (χ0v) is 12.5. The maximum absolute atomic E-state index is 13.0. The topological polar surface area (TPSA) is 37.4 Å². The van der Waals surface area contributed by atoms with Gasteiger partial charge in [0.1, 0.15) is 5.82 Å². The van der Waals surface area contributed by atoms with E-state index in [2.05, 4.69) is 15.9 Å². The zero-order chi connectivity index (χ0) is 13.3. The number of halogens is 2. The largest absolute Gasteiger partial charge is 0.244 e. The molecular weight excluding hydrogens is 321 g/mol. The van der Waals surface area contributed by atoms with Gasteiger partial charge >= 0.3 is 0 Å². The summed E-state index contributed by atoms with van der Waals surface area (Å²) in [5.74, 6) is -0.450. The summed E-state index contributed by atoms with van der Waals surface area (Å²) in [6.45, 7) is 2.53. The molecule has 0 spiro atoms. The lowest BCUT2D eigenvalue weighted by atomic mass is 10.2. The Morgan fingerprint density at radius 2 is 2.22 bits per heavy atom. The van der Waals surface area contributed by atoms with E-state index in [1.807, 2.05) is 6.92 Å². The van der Waals surface area contributed by atoms with Crippen LogP contribution in [0.3, 0.4) is 0 Å². The fourth-order valence-corrected chi connectivity index (χ4v) is 5.12. The Balaban J connectivity index is 2.42. The normalized spacial score (nSPS) is 21.4. The van der Waals surface area contributed by atoms with Crippen molar-refractivity contribution < 1.29 is 12.8 Å². The molecule has 0 bridgehead atoms. The quantitative estimate of drug-likeness (QED) is 0.850. The van der Waals surface area contributed by atoms with Gasteiger partial charge in [0, 0.05) is 17.1 Å². The Morgan fingerprint density at radius 3 is 2.83 bits per heavy atom. The van der Waals surface area contributed by atoms with Gasteiger partial charge in [-0.15, -0.1) is 0 Å². The lowest BCUT2D eigenvalue weighted by molar-refractivity contribution is 0.379. The highest BCUT2D eigenvalue weighted by molar-refractivity contribution is 9.10. The number of hydrogen-bond donors (Lipinski definition) is 0. The lowest BCUT2D eigenvalue weighted by Gasteiger charge is -2.23. The highest BCUT2D eigenvalue weighted by atomic mass is 79.9. The second-order valence-corrected chi connectivity index (χ2v) is 7.11. The maximum Gasteiger partial charge on any atom is 0.244 e. The van der Waals surface area contributed by atoms with Crippen molar-refractivity contribution in [3.05, 3.63) is 28.5 Å². The Hall–Kier alpha value is -0.460. The molecule has 0 amide bonds. The van der Waals surface area contributed by atoms with Crippen LogP contribution in [-0.2, 0) is 10.0 Å². The van der Waals surface area contributed by atoms with E-state index in [4.69, 9.17) is 0 Å². The number of rotatable bonds is 3. The molecule has 1 aromatic carbocycles. The zero-order valence-electron chi connectivity index (χ0n) is 10.1. The summed E-state index contributed by atoms with van der Waals surface area (Å²) in [5, 5.41) is 0. The summed E-state index contributed by atoms with van der Waals surface area (Å²) in [5.41, 5.74) is 0. The monoisotopic (exact) mass is 335 g/mol. The first-order valence-electron chi connectivity index (χ1n) is 5.93. The first-order valence-corrected chi connectivity index (χ1v) is 8.17. The molecule has 6 heteroatoms. The van der Waals surface area contributed by atoms with Crippen molar-refractivity contribution in [2.24, 2.45) is 0 Å². The molecule has 0 aromatic heterocycles. The van der Waals surface area contributed by atoms with E-state index < -0.39 is 15.8 Å². The van der Waals surface area contributed by atoms with Crippen LogP contribution in [0, 0.1) is 5.82 Å². The Labute approximate surface area is 115 Å². The number of hydrogen-bond acceptors (Lipinski definition) is 2. The van der Waals surface area contributed by atoms with Gasteiger partial charge < -0.3 is 0 Å². The van der Waals surface area contributed by atoms with Crippen molar-refractivity contribution in [1.29, 1.82) is 0 Å². The van der Waals surface area contributed by atoms with E-state index in [0.29, 0.717) is 6.54 Å². The van der Waals surface area contributed by atoms with Crippen molar-refractivity contribution in [3.63, 3.8) is 0 Å². The first-order chi connectivity index (χ1) is 8.46. The van der Waals surface area contributed by atoms with Gasteiger partial charge in [0.05, 0.1) is 4.90 Å². The van der Waals surface area contributed by atoms with Crippen LogP contribution in [0.2, 0.25) is 0 Å². The molecule has 3 nitrogen and oxygen atoms in total. The van der Waals surface area contributed by atoms with Gasteiger partial charge in [-0.05, 0) is 53.4 Å². The molecule has 1 atom stereocenters. The third-order valence-electron chi connectivity index (χ3n) is 3.27. The average molecular weight is 336 g/mol. The predicted molar refractivity (Wildman–Crippen MR) is 71.3 cm³/mol. The number of sulfonamides is 1. The van der Waals surface area contributed by atoms with E-state index in [9.17, 15) is 12.8 Å². The van der Waals surface area contributed by atoms with Crippen LogP contribution in [-0.4, -0.2) is 25.3 Å². The standard InChI is InChI=1S/C12H15BrFNO2S/c1-2-10-4-3-7-15(10)18(16,17)12-6-5-9(14)8-11(12)13/h5-6,8,10H,2-4,7H2,1H3. The van der Waals surface area contributed by atoms with Crippen molar-refractivity contribution >= 4 is 26.0 Å². The van der Waals surface area contributed by atoms with Gasteiger partial charge in [0.25, 0.3) is 0 Å². The third-order valence-corrected chi connectivity index (χ3v) is 6.20. The van der Waals surface area contributed by atoms with Crippen LogP contribution < -0.4 is 0 Å². The summed E-state index contributed by atoms with van der Waals surface area (Å²) in [6.07, 6.45) is 2.59. The van der Waals surface area contributed by atoms with Crippen molar-refractivity contribution in [2.45, 2.75) is 37.1 Å². The molecule has 100 valence electrons. The smallest absolute Gasteiger partial charge is 0.207 e. The highest BCUT2D eigenvalue weighted by Gasteiger charge is 2.35. The summed E-state index contributed by atoms with van der Waals surface area (Å²) >= 11 is 3.13. The first kappa shape index (κ1) is 14.0. The van der Waals surface area contributed by atoms with Crippen molar-refractivity contribution in [1.82, 2.24) is 4.31 Å². The van der Waals surface area contributed by atoms with Crippen molar-refractivity contribution in [2.75, 3.05) is 6.54 Å². The second-order valence-electron chi connectivity index (χ2n) is 4.39. The van der Waals surface area contributed by atoms with E-state index in [1.165, 1.54) is 22.5 Å². The molecule has 1 aliphatic heterocycles. The van der Waals surface area contributed by atoms with Gasteiger partial charge in [-0.25, -0.2) is 12.8 Å². The SMILES string of the molecule is CCC1CCCN1S(=O)(=O)c1ccc(F)cc1Br. The molecule has 0 aliphatic carbocycles. The minimum atomic E-state index is -3.53. The Morgan fingerprint density at radius 1 is 1.50 bits per heavy atom. The second kappa shape index (κ2) is 5.27. The number of benzene rings is 1. The molecule has 1 fully saturated rings. The molecule has 0 radical (unpaired) electrons. The van der Waals surface area contributed by atoms with Crippen LogP contribution in [0.5, 0.6) is 0 Å². The maximum atomic E-state index is 13.0. The predicted octanol–water partition coefficient (Wildman–Crippen LogP) is 3.15. The molecule has 1 heterocycles. The van der Waals surface area contributed by atoms with Crippen LogP contribution >= 0.6 is 15.9 Å². The van der Waals surface area contributed by atoms with Gasteiger partial charge in [-0.2, -0.15) is 4.31 Å². The molecule has 1 aromatic rings. The Kier molecular flexibility index (Phi) is 4.08. The van der Waals surface area contributed by atoms with Gasteiger partial charge in [-0.1, -0.05) is 6.92 Å². The van der Waals surface area contributed by atoms with E-state index in [1.54, 1.807) is 0 Å². The van der Waals surface area contributed by atoms with Crippen LogP contribution in [0.4, 0.5) is 4.39 Å². The molecule has 18 heavy (non-hydrogen) atoms. The van der Waals surface area contributed by atoms with Gasteiger partial charge in [0.2, 0.25) is 10.0 Å².